The molecule has 118 valence electrons. The number of aryl methyl sites for hydroxylation is 1. The number of H-pyrrole nitrogens is 1. The van der Waals surface area contributed by atoms with Crippen molar-refractivity contribution in [3.05, 3.63) is 70.7 Å². The smallest absolute Gasteiger partial charge is 0.328 e. The van der Waals surface area contributed by atoms with E-state index in [1.54, 1.807) is 30.5 Å². The summed E-state index contributed by atoms with van der Waals surface area (Å²) in [6, 6.07) is 10.2. The molecule has 0 radical (unpaired) electrons. The normalized spacial score (nSPS) is 10.8. The molecule has 3 aromatic rings. The number of nitrogens with one attached hydrogen (secondary N) is 1. The van der Waals surface area contributed by atoms with Gasteiger partial charge < -0.3 is 10.1 Å². The van der Waals surface area contributed by atoms with Crippen molar-refractivity contribution >= 4 is 0 Å². The second-order valence-corrected chi connectivity index (χ2v) is 5.24. The van der Waals surface area contributed by atoms with Crippen molar-refractivity contribution in [3.63, 3.8) is 0 Å². The SMILES string of the molecule is O=c1[nH]cc(O)n1CCCc1ccc(-c2ccccc2F)nc1. The summed E-state index contributed by atoms with van der Waals surface area (Å²) in [4.78, 5) is 18.1. The van der Waals surface area contributed by atoms with E-state index in [9.17, 15) is 14.3 Å². The number of aromatic nitrogens is 3. The number of imidazole rings is 1. The fourth-order valence-corrected chi connectivity index (χ4v) is 2.44. The maximum atomic E-state index is 13.7. The molecule has 2 aromatic heterocycles. The molecule has 0 saturated heterocycles. The van der Waals surface area contributed by atoms with E-state index >= 15 is 0 Å². The van der Waals surface area contributed by atoms with Gasteiger partial charge in [-0.3, -0.25) is 9.55 Å². The van der Waals surface area contributed by atoms with Crippen LogP contribution >= 0.6 is 0 Å². The third kappa shape index (κ3) is 3.31. The summed E-state index contributed by atoms with van der Waals surface area (Å²) in [6.45, 7) is 0.420. The van der Waals surface area contributed by atoms with Crippen molar-refractivity contribution in [2.75, 3.05) is 0 Å². The van der Waals surface area contributed by atoms with Gasteiger partial charge in [-0.2, -0.15) is 0 Å². The van der Waals surface area contributed by atoms with Crippen molar-refractivity contribution < 1.29 is 9.50 Å². The second-order valence-electron chi connectivity index (χ2n) is 5.24. The molecule has 2 heterocycles. The standard InChI is InChI=1S/C17H16FN3O2/c18-14-6-2-1-5-13(14)15-8-7-12(10-19-15)4-3-9-21-16(22)11-20-17(21)23/h1-2,5-8,10-11,22H,3-4,9H2,(H,20,23). The quantitative estimate of drug-likeness (QED) is 0.761. The zero-order valence-corrected chi connectivity index (χ0v) is 12.4. The average molecular weight is 313 g/mol. The second kappa shape index (κ2) is 6.48. The topological polar surface area (TPSA) is 70.9 Å². The van der Waals surface area contributed by atoms with E-state index in [1.807, 2.05) is 6.07 Å². The number of hydrogen-bond donors (Lipinski definition) is 2. The highest BCUT2D eigenvalue weighted by molar-refractivity contribution is 5.59. The summed E-state index contributed by atoms with van der Waals surface area (Å²) in [5.41, 5.74) is 1.73. The Balaban J connectivity index is 1.64. The summed E-state index contributed by atoms with van der Waals surface area (Å²) < 4.78 is 15.0. The first-order chi connectivity index (χ1) is 11.1. The van der Waals surface area contributed by atoms with Crippen LogP contribution in [-0.4, -0.2) is 19.6 Å². The van der Waals surface area contributed by atoms with Crippen LogP contribution in [0.2, 0.25) is 0 Å². The molecule has 0 amide bonds. The Bertz CT molecular complexity index is 853. The Morgan fingerprint density at radius 3 is 2.70 bits per heavy atom. The van der Waals surface area contributed by atoms with E-state index in [0.29, 0.717) is 30.6 Å². The Hall–Kier alpha value is -2.89. The number of pyridine rings is 1. The van der Waals surface area contributed by atoms with Crippen LogP contribution in [0, 0.1) is 5.82 Å². The van der Waals surface area contributed by atoms with E-state index < -0.39 is 0 Å². The van der Waals surface area contributed by atoms with Gasteiger partial charge in [0.1, 0.15) is 5.82 Å². The molecule has 3 rings (SSSR count). The van der Waals surface area contributed by atoms with Gasteiger partial charge in [0.05, 0.1) is 11.9 Å². The summed E-state index contributed by atoms with van der Waals surface area (Å²) in [5.74, 6) is -0.363. The number of rotatable bonds is 5. The first kappa shape index (κ1) is 15.0. The van der Waals surface area contributed by atoms with Crippen LogP contribution in [-0.2, 0) is 13.0 Å². The van der Waals surface area contributed by atoms with E-state index in [1.165, 1.54) is 16.8 Å². The molecule has 0 bridgehead atoms. The van der Waals surface area contributed by atoms with Gasteiger partial charge in [0.25, 0.3) is 0 Å². The number of aromatic amines is 1. The van der Waals surface area contributed by atoms with Crippen LogP contribution < -0.4 is 5.69 Å². The molecule has 0 aliphatic carbocycles. The molecule has 0 aliphatic heterocycles. The maximum absolute atomic E-state index is 13.7. The minimum Gasteiger partial charge on any atom is -0.493 e. The van der Waals surface area contributed by atoms with Gasteiger partial charge in [-0.1, -0.05) is 18.2 Å². The first-order valence-electron chi connectivity index (χ1n) is 7.32. The number of benzene rings is 1. The molecule has 0 spiro atoms. The molecule has 23 heavy (non-hydrogen) atoms. The van der Waals surface area contributed by atoms with Crippen molar-refractivity contribution in [2.45, 2.75) is 19.4 Å². The predicted molar refractivity (Wildman–Crippen MR) is 84.7 cm³/mol. The van der Waals surface area contributed by atoms with Gasteiger partial charge in [-0.25, -0.2) is 9.18 Å². The monoisotopic (exact) mass is 313 g/mol. The first-order valence-corrected chi connectivity index (χ1v) is 7.32. The van der Waals surface area contributed by atoms with Crippen LogP contribution in [0.25, 0.3) is 11.3 Å². The number of nitrogens with zero attached hydrogens (tertiary/aromatic N) is 2. The van der Waals surface area contributed by atoms with Crippen molar-refractivity contribution in [1.29, 1.82) is 0 Å². The fraction of sp³-hybridized carbons (Fsp3) is 0.176. The minimum absolute atomic E-state index is 0.0666. The van der Waals surface area contributed by atoms with Crippen molar-refractivity contribution in [3.8, 4) is 17.1 Å². The molecular weight excluding hydrogens is 297 g/mol. The molecule has 0 aliphatic rings. The molecule has 1 aromatic carbocycles. The lowest BCUT2D eigenvalue weighted by molar-refractivity contribution is 0.409. The van der Waals surface area contributed by atoms with Crippen LogP contribution in [0.15, 0.2) is 53.6 Å². The number of aromatic hydroxyl groups is 1. The number of hydrogen-bond acceptors (Lipinski definition) is 3. The summed E-state index contributed by atoms with van der Waals surface area (Å²) in [7, 11) is 0. The third-order valence-corrected chi connectivity index (χ3v) is 3.67. The molecule has 5 nitrogen and oxygen atoms in total. The molecular formula is C17H16FN3O2. The lowest BCUT2D eigenvalue weighted by Gasteiger charge is -2.05. The van der Waals surface area contributed by atoms with Gasteiger partial charge in [0, 0.05) is 18.3 Å². The number of halogens is 1. The Kier molecular flexibility index (Phi) is 4.23. The lowest BCUT2D eigenvalue weighted by atomic mass is 10.1. The highest BCUT2D eigenvalue weighted by atomic mass is 19.1. The lowest BCUT2D eigenvalue weighted by Crippen LogP contribution is -2.16. The van der Waals surface area contributed by atoms with Gasteiger partial charge in [-0.05, 0) is 36.6 Å². The van der Waals surface area contributed by atoms with Crippen LogP contribution in [0.3, 0.4) is 0 Å². The van der Waals surface area contributed by atoms with Crippen LogP contribution in [0.5, 0.6) is 5.88 Å². The summed E-state index contributed by atoms with van der Waals surface area (Å²) in [5, 5.41) is 9.50. The predicted octanol–water partition coefficient (Wildman–Crippen LogP) is 2.72. The zero-order chi connectivity index (χ0) is 16.2. The molecule has 2 N–H and O–H groups in total. The van der Waals surface area contributed by atoms with E-state index in [-0.39, 0.29) is 17.4 Å². The minimum atomic E-state index is -0.324. The van der Waals surface area contributed by atoms with E-state index in [4.69, 9.17) is 0 Å². The van der Waals surface area contributed by atoms with Crippen LogP contribution in [0.4, 0.5) is 4.39 Å². The van der Waals surface area contributed by atoms with Crippen molar-refractivity contribution in [2.24, 2.45) is 0 Å². The Labute approximate surface area is 132 Å². The van der Waals surface area contributed by atoms with E-state index in [0.717, 1.165) is 5.56 Å². The highest BCUT2D eigenvalue weighted by Crippen LogP contribution is 2.20. The average Bonchev–Trinajstić information content (AvgIpc) is 2.88. The van der Waals surface area contributed by atoms with E-state index in [2.05, 4.69) is 9.97 Å². The molecule has 0 fully saturated rings. The molecule has 0 saturated carbocycles. The van der Waals surface area contributed by atoms with Crippen LogP contribution in [0.1, 0.15) is 12.0 Å². The molecule has 6 heteroatoms. The van der Waals surface area contributed by atoms with Gasteiger partial charge >= 0.3 is 5.69 Å². The molecule has 0 unspecified atom stereocenters. The summed E-state index contributed by atoms with van der Waals surface area (Å²) >= 11 is 0. The van der Waals surface area contributed by atoms with Gasteiger partial charge in [0.15, 0.2) is 0 Å². The fourth-order valence-electron chi connectivity index (χ4n) is 2.44. The Morgan fingerprint density at radius 2 is 2.04 bits per heavy atom. The van der Waals surface area contributed by atoms with Gasteiger partial charge in [-0.15, -0.1) is 0 Å². The maximum Gasteiger partial charge on any atom is 0.328 e. The van der Waals surface area contributed by atoms with Gasteiger partial charge in [0.2, 0.25) is 5.88 Å². The Morgan fingerprint density at radius 1 is 1.22 bits per heavy atom. The summed E-state index contributed by atoms with van der Waals surface area (Å²) in [6.07, 6.45) is 4.38. The zero-order valence-electron chi connectivity index (χ0n) is 12.4. The van der Waals surface area contributed by atoms with Crippen molar-refractivity contribution in [1.82, 2.24) is 14.5 Å². The molecule has 0 atom stereocenters. The largest absolute Gasteiger partial charge is 0.493 e. The highest BCUT2D eigenvalue weighted by Gasteiger charge is 2.06. The third-order valence-electron chi connectivity index (χ3n) is 3.67.